The predicted octanol–water partition coefficient (Wildman–Crippen LogP) is 5.21. The summed E-state index contributed by atoms with van der Waals surface area (Å²) in [6, 6.07) is 15.5. The lowest BCUT2D eigenvalue weighted by Crippen LogP contribution is -2.30. The third kappa shape index (κ3) is 2.82. The highest BCUT2D eigenvalue weighted by Gasteiger charge is 2.44. The van der Waals surface area contributed by atoms with Gasteiger partial charge in [0.2, 0.25) is 5.76 Å². The number of pyridine rings is 1. The van der Waals surface area contributed by atoms with Gasteiger partial charge < -0.3 is 4.42 Å². The Kier molecular flexibility index (Phi) is 4.22. The minimum atomic E-state index is -0.652. The van der Waals surface area contributed by atoms with Crippen molar-refractivity contribution in [1.29, 1.82) is 0 Å². The molecule has 0 fully saturated rings. The van der Waals surface area contributed by atoms with Crippen LogP contribution in [0.4, 0.5) is 5.82 Å². The highest BCUT2D eigenvalue weighted by molar-refractivity contribution is 6.30. The van der Waals surface area contributed by atoms with Crippen molar-refractivity contribution in [3.05, 3.63) is 104 Å². The van der Waals surface area contributed by atoms with Crippen LogP contribution in [0.1, 0.15) is 38.9 Å². The molecule has 30 heavy (non-hydrogen) atoms. The van der Waals surface area contributed by atoms with Crippen LogP contribution < -0.4 is 10.3 Å². The van der Waals surface area contributed by atoms with E-state index < -0.39 is 6.04 Å². The standard InChI is InChI=1S/C24H17ClN2O3/c1-13-3-9-18-17(11-13)22(28)20-21(15-5-7-16(25)8-6-15)27(24(29)23(20)30-18)19-10-4-14(2)12-26-19/h3-12,21H,1-2H3. The van der Waals surface area contributed by atoms with Gasteiger partial charge in [0.05, 0.1) is 17.0 Å². The van der Waals surface area contributed by atoms with E-state index in [1.54, 1.807) is 36.5 Å². The van der Waals surface area contributed by atoms with Gasteiger partial charge in [0.15, 0.2) is 5.43 Å². The van der Waals surface area contributed by atoms with Crippen molar-refractivity contribution < 1.29 is 9.21 Å². The van der Waals surface area contributed by atoms with Gasteiger partial charge in [-0.3, -0.25) is 14.5 Å². The van der Waals surface area contributed by atoms with Crippen LogP contribution in [0.3, 0.4) is 0 Å². The quantitative estimate of drug-likeness (QED) is 0.450. The number of hydrogen-bond donors (Lipinski definition) is 0. The van der Waals surface area contributed by atoms with Gasteiger partial charge in [0, 0.05) is 11.2 Å². The molecular weight excluding hydrogens is 400 g/mol. The predicted molar refractivity (Wildman–Crippen MR) is 116 cm³/mol. The van der Waals surface area contributed by atoms with Crippen molar-refractivity contribution in [2.75, 3.05) is 4.90 Å². The van der Waals surface area contributed by atoms with Crippen LogP contribution in [0.15, 0.2) is 70.0 Å². The zero-order valence-corrected chi connectivity index (χ0v) is 17.1. The van der Waals surface area contributed by atoms with Crippen LogP contribution in [-0.2, 0) is 0 Å². The van der Waals surface area contributed by atoms with Crippen molar-refractivity contribution in [2.24, 2.45) is 0 Å². The highest BCUT2D eigenvalue weighted by atomic mass is 35.5. The molecule has 0 radical (unpaired) electrons. The first-order chi connectivity index (χ1) is 14.4. The lowest BCUT2D eigenvalue weighted by molar-refractivity contribution is 0.0970. The van der Waals surface area contributed by atoms with Crippen molar-refractivity contribution in [1.82, 2.24) is 4.98 Å². The SMILES string of the molecule is Cc1ccc(N2C(=O)c3oc4ccc(C)cc4c(=O)c3C2c2ccc(Cl)cc2)nc1. The number of halogens is 1. The second-order valence-electron chi connectivity index (χ2n) is 7.50. The monoisotopic (exact) mass is 416 g/mol. The molecule has 5 nitrogen and oxygen atoms in total. The molecule has 0 spiro atoms. The topological polar surface area (TPSA) is 63.4 Å². The second-order valence-corrected chi connectivity index (χ2v) is 7.93. The van der Waals surface area contributed by atoms with Crippen LogP contribution >= 0.6 is 11.6 Å². The normalized spacial score (nSPS) is 15.6. The maximum absolute atomic E-state index is 13.5. The lowest BCUT2D eigenvalue weighted by atomic mass is 9.98. The van der Waals surface area contributed by atoms with Crippen LogP contribution in [0.25, 0.3) is 11.0 Å². The van der Waals surface area contributed by atoms with Crippen LogP contribution in [0.5, 0.6) is 0 Å². The number of carbonyl (C=O) groups is 1. The Hall–Kier alpha value is -3.44. The molecule has 0 N–H and O–H groups in total. The Balaban J connectivity index is 1.81. The Morgan fingerprint density at radius 1 is 0.967 bits per heavy atom. The van der Waals surface area contributed by atoms with Crippen LogP contribution in [-0.4, -0.2) is 10.9 Å². The fourth-order valence-corrected chi connectivity index (χ4v) is 4.01. The number of amides is 1. The Morgan fingerprint density at radius 2 is 1.70 bits per heavy atom. The van der Waals surface area contributed by atoms with Gasteiger partial charge in [-0.25, -0.2) is 4.98 Å². The minimum Gasteiger partial charge on any atom is -0.450 e. The van der Waals surface area contributed by atoms with Crippen molar-refractivity contribution in [2.45, 2.75) is 19.9 Å². The molecular formula is C24H17ClN2O3. The van der Waals surface area contributed by atoms with E-state index in [4.69, 9.17) is 16.0 Å². The molecule has 0 aliphatic carbocycles. The molecule has 5 rings (SSSR count). The zero-order chi connectivity index (χ0) is 21.0. The molecule has 1 amide bonds. The molecule has 2 aromatic carbocycles. The first-order valence-electron chi connectivity index (χ1n) is 9.53. The summed E-state index contributed by atoms with van der Waals surface area (Å²) in [7, 11) is 0. The van der Waals surface area contributed by atoms with Gasteiger partial charge >= 0.3 is 0 Å². The fourth-order valence-electron chi connectivity index (χ4n) is 3.89. The average molecular weight is 417 g/mol. The number of rotatable bonds is 2. The maximum atomic E-state index is 13.5. The molecule has 4 aromatic rings. The molecule has 1 aliphatic rings. The van der Waals surface area contributed by atoms with Gasteiger partial charge in [-0.1, -0.05) is 41.4 Å². The summed E-state index contributed by atoms with van der Waals surface area (Å²) in [5, 5.41) is 1.03. The highest BCUT2D eigenvalue weighted by Crippen LogP contribution is 2.40. The summed E-state index contributed by atoms with van der Waals surface area (Å²) in [4.78, 5) is 32.9. The number of aryl methyl sites for hydroxylation is 2. The van der Waals surface area contributed by atoms with Crippen molar-refractivity contribution in [3.8, 4) is 0 Å². The fraction of sp³-hybridized carbons (Fsp3) is 0.125. The smallest absolute Gasteiger partial charge is 0.296 e. The molecule has 1 atom stereocenters. The molecule has 3 heterocycles. The average Bonchev–Trinajstić information content (AvgIpc) is 3.03. The number of hydrogen-bond acceptors (Lipinski definition) is 4. The van der Waals surface area contributed by atoms with E-state index >= 15 is 0 Å². The summed E-state index contributed by atoms with van der Waals surface area (Å²) in [5.41, 5.74) is 3.18. The largest absolute Gasteiger partial charge is 0.450 e. The van der Waals surface area contributed by atoms with E-state index in [1.165, 1.54) is 4.90 Å². The Morgan fingerprint density at radius 3 is 2.40 bits per heavy atom. The van der Waals surface area contributed by atoms with Crippen molar-refractivity contribution in [3.63, 3.8) is 0 Å². The number of carbonyl (C=O) groups excluding carboxylic acids is 1. The molecule has 2 aromatic heterocycles. The lowest BCUT2D eigenvalue weighted by Gasteiger charge is -2.24. The molecule has 1 aliphatic heterocycles. The van der Waals surface area contributed by atoms with Gasteiger partial charge in [-0.15, -0.1) is 0 Å². The summed E-state index contributed by atoms with van der Waals surface area (Å²) in [6.07, 6.45) is 1.69. The van der Waals surface area contributed by atoms with E-state index in [9.17, 15) is 9.59 Å². The molecule has 0 saturated heterocycles. The number of benzene rings is 2. The number of fused-ring (bicyclic) bond motifs is 2. The van der Waals surface area contributed by atoms with Gasteiger partial charge in [-0.05, 0) is 55.3 Å². The first-order valence-corrected chi connectivity index (χ1v) is 9.91. The first kappa shape index (κ1) is 18.6. The second kappa shape index (κ2) is 6.82. The zero-order valence-electron chi connectivity index (χ0n) is 16.3. The molecule has 0 bridgehead atoms. The number of anilines is 1. The van der Waals surface area contributed by atoms with Crippen LogP contribution in [0, 0.1) is 13.8 Å². The maximum Gasteiger partial charge on any atom is 0.296 e. The van der Waals surface area contributed by atoms with E-state index in [-0.39, 0.29) is 17.1 Å². The number of aromatic nitrogens is 1. The Bertz CT molecular complexity index is 1360. The third-order valence-corrected chi connectivity index (χ3v) is 5.61. The molecule has 148 valence electrons. The van der Waals surface area contributed by atoms with Gasteiger partial charge in [-0.2, -0.15) is 0 Å². The number of nitrogens with zero attached hydrogens (tertiary/aromatic N) is 2. The molecule has 6 heteroatoms. The van der Waals surface area contributed by atoms with E-state index in [0.29, 0.717) is 27.4 Å². The van der Waals surface area contributed by atoms with Gasteiger partial charge in [0.1, 0.15) is 11.4 Å². The molecule has 0 saturated carbocycles. The summed E-state index contributed by atoms with van der Waals surface area (Å²) < 4.78 is 5.96. The summed E-state index contributed by atoms with van der Waals surface area (Å²) in [6.45, 7) is 3.84. The van der Waals surface area contributed by atoms with Crippen molar-refractivity contribution >= 4 is 34.3 Å². The molecule has 1 unspecified atom stereocenters. The van der Waals surface area contributed by atoms with E-state index in [2.05, 4.69) is 4.98 Å². The Labute approximate surface area is 177 Å². The van der Waals surface area contributed by atoms with Crippen LogP contribution in [0.2, 0.25) is 5.02 Å². The summed E-state index contributed by atoms with van der Waals surface area (Å²) in [5.74, 6) is 0.121. The summed E-state index contributed by atoms with van der Waals surface area (Å²) >= 11 is 6.07. The van der Waals surface area contributed by atoms with E-state index in [0.717, 1.165) is 16.7 Å². The van der Waals surface area contributed by atoms with Gasteiger partial charge in [0.25, 0.3) is 5.91 Å². The minimum absolute atomic E-state index is 0.0543. The third-order valence-electron chi connectivity index (χ3n) is 5.35. The van der Waals surface area contributed by atoms with E-state index in [1.807, 2.05) is 38.1 Å².